The lowest BCUT2D eigenvalue weighted by atomic mass is 10.0. The number of nitrogens with one attached hydrogen (secondary N) is 2. The van der Waals surface area contributed by atoms with Crippen LogP contribution in [0.3, 0.4) is 0 Å². The Morgan fingerprint density at radius 1 is 1.61 bits per heavy atom. The van der Waals surface area contributed by atoms with E-state index in [1.54, 1.807) is 12.1 Å². The maximum absolute atomic E-state index is 9.79. The molecule has 0 spiro atoms. The van der Waals surface area contributed by atoms with Gasteiger partial charge in [-0.15, -0.1) is 0 Å². The normalized spacial score (nSPS) is 14.3. The molecule has 0 aliphatic carbocycles. The Labute approximate surface area is 110 Å². The number of fused-ring (bicyclic) bond motifs is 1. The minimum Gasteiger partial charge on any atom is -0.506 e. The van der Waals surface area contributed by atoms with E-state index in [1.165, 1.54) is 11.8 Å². The Morgan fingerprint density at radius 3 is 3.17 bits per heavy atom. The molecule has 1 aliphatic rings. The number of aliphatic imine (C=N–C) groups is 1. The van der Waals surface area contributed by atoms with Crippen molar-refractivity contribution in [1.29, 1.82) is 5.26 Å². The number of nitrogens with zero attached hydrogens (tertiary/aromatic N) is 2. The summed E-state index contributed by atoms with van der Waals surface area (Å²) in [6.45, 7) is 0.861. The van der Waals surface area contributed by atoms with Crippen LogP contribution in [0.25, 0.3) is 0 Å². The van der Waals surface area contributed by atoms with Crippen LogP contribution in [0.15, 0.2) is 17.1 Å². The molecule has 0 fully saturated rings. The highest BCUT2D eigenvalue weighted by molar-refractivity contribution is 8.13. The molecule has 94 valence electrons. The Bertz CT molecular complexity index is 522. The number of phenolic OH excluding ortho intramolecular Hbond substituents is 1. The second-order valence-corrected chi connectivity index (χ2v) is 4.64. The number of thioether (sulfide) groups is 1. The largest absolute Gasteiger partial charge is 0.506 e. The Morgan fingerprint density at radius 2 is 2.44 bits per heavy atom. The summed E-state index contributed by atoms with van der Waals surface area (Å²) >= 11 is 1.38. The van der Waals surface area contributed by atoms with E-state index in [4.69, 9.17) is 5.26 Å². The highest BCUT2D eigenvalue weighted by Gasteiger charge is 2.16. The fraction of sp³-hybridized carbons (Fsp3) is 0.333. The maximum Gasteiger partial charge on any atom is 0.183 e. The van der Waals surface area contributed by atoms with E-state index in [2.05, 4.69) is 15.6 Å². The van der Waals surface area contributed by atoms with Gasteiger partial charge in [0.05, 0.1) is 11.4 Å². The number of rotatable bonds is 1. The molecule has 0 bridgehead atoms. The average molecular weight is 262 g/mol. The first kappa shape index (κ1) is 12.6. The molecular weight excluding hydrogens is 248 g/mol. The number of hydrogen-bond donors (Lipinski definition) is 3. The smallest absolute Gasteiger partial charge is 0.183 e. The number of benzene rings is 1. The van der Waals surface area contributed by atoms with Crippen LogP contribution >= 0.6 is 11.8 Å². The number of hydrogen-bond acceptors (Lipinski definition) is 5. The number of aromatic hydroxyl groups is 1. The van der Waals surface area contributed by atoms with Crippen molar-refractivity contribution >= 4 is 28.3 Å². The zero-order valence-electron chi connectivity index (χ0n) is 10.0. The summed E-state index contributed by atoms with van der Waals surface area (Å²) in [5.74, 6) is 0.252. The van der Waals surface area contributed by atoms with Crippen molar-refractivity contribution in [3.63, 3.8) is 0 Å². The first-order valence-electron chi connectivity index (χ1n) is 5.62. The number of anilines is 1. The van der Waals surface area contributed by atoms with Gasteiger partial charge in [0.1, 0.15) is 5.75 Å². The van der Waals surface area contributed by atoms with Crippen LogP contribution in [-0.4, -0.2) is 23.1 Å². The third kappa shape index (κ3) is 2.51. The van der Waals surface area contributed by atoms with Crippen molar-refractivity contribution in [1.82, 2.24) is 5.32 Å². The van der Waals surface area contributed by atoms with Gasteiger partial charge in [0.15, 0.2) is 11.4 Å². The van der Waals surface area contributed by atoms with E-state index in [0.29, 0.717) is 5.17 Å². The summed E-state index contributed by atoms with van der Waals surface area (Å²) < 4.78 is 0. The van der Waals surface area contributed by atoms with Crippen LogP contribution in [0.4, 0.5) is 11.4 Å². The summed E-state index contributed by atoms with van der Waals surface area (Å²) in [6.07, 6.45) is 5.61. The SMILES string of the molecule is CSC(=Nc1ccc(O)c2c1CCCN2)NC#N. The molecular formula is C12H14N4OS. The quantitative estimate of drug-likeness (QED) is 0.238. The van der Waals surface area contributed by atoms with Crippen molar-refractivity contribution in [2.75, 3.05) is 18.1 Å². The third-order valence-corrected chi connectivity index (χ3v) is 3.33. The zero-order valence-corrected chi connectivity index (χ0v) is 10.8. The Kier molecular flexibility index (Phi) is 3.95. The van der Waals surface area contributed by atoms with Crippen molar-refractivity contribution in [2.24, 2.45) is 4.99 Å². The van der Waals surface area contributed by atoms with Crippen molar-refractivity contribution < 1.29 is 5.11 Å². The average Bonchev–Trinajstić information content (AvgIpc) is 2.41. The molecule has 0 unspecified atom stereocenters. The van der Waals surface area contributed by atoms with Crippen molar-refractivity contribution in [2.45, 2.75) is 12.8 Å². The van der Waals surface area contributed by atoms with Crippen molar-refractivity contribution in [3.05, 3.63) is 17.7 Å². The molecule has 1 aliphatic heterocycles. The van der Waals surface area contributed by atoms with Gasteiger partial charge in [-0.1, -0.05) is 11.8 Å². The van der Waals surface area contributed by atoms with Gasteiger partial charge >= 0.3 is 0 Å². The second kappa shape index (κ2) is 5.65. The van der Waals surface area contributed by atoms with E-state index in [1.807, 2.05) is 12.4 Å². The van der Waals surface area contributed by atoms with E-state index >= 15 is 0 Å². The zero-order chi connectivity index (χ0) is 13.0. The predicted molar refractivity (Wildman–Crippen MR) is 74.3 cm³/mol. The molecule has 6 heteroatoms. The molecule has 1 heterocycles. The number of amidine groups is 1. The summed E-state index contributed by atoms with van der Waals surface area (Å²) in [4.78, 5) is 4.42. The molecule has 0 atom stereocenters. The van der Waals surface area contributed by atoms with Gasteiger partial charge in [-0.3, -0.25) is 5.32 Å². The number of nitriles is 1. The maximum atomic E-state index is 9.79. The minimum atomic E-state index is 0.252. The van der Waals surface area contributed by atoms with Gasteiger partial charge in [0, 0.05) is 12.1 Å². The Balaban J connectivity index is 2.43. The van der Waals surface area contributed by atoms with E-state index in [0.717, 1.165) is 36.3 Å². The molecule has 1 aromatic rings. The topological polar surface area (TPSA) is 80.4 Å². The van der Waals surface area contributed by atoms with Gasteiger partial charge in [-0.2, -0.15) is 5.26 Å². The first-order chi connectivity index (χ1) is 8.76. The molecule has 1 aromatic carbocycles. The molecule has 3 N–H and O–H groups in total. The second-order valence-electron chi connectivity index (χ2n) is 3.85. The lowest BCUT2D eigenvalue weighted by molar-refractivity contribution is 0.475. The van der Waals surface area contributed by atoms with Gasteiger partial charge in [-0.05, 0) is 31.2 Å². The van der Waals surface area contributed by atoms with Crippen molar-refractivity contribution in [3.8, 4) is 11.9 Å². The molecule has 2 rings (SSSR count). The van der Waals surface area contributed by atoms with Crippen LogP contribution < -0.4 is 10.6 Å². The van der Waals surface area contributed by atoms with Crippen LogP contribution in [0.2, 0.25) is 0 Å². The van der Waals surface area contributed by atoms with Gasteiger partial charge in [-0.25, -0.2) is 4.99 Å². The summed E-state index contributed by atoms with van der Waals surface area (Å²) in [5.41, 5.74) is 2.56. The molecule has 0 aromatic heterocycles. The number of phenols is 1. The highest BCUT2D eigenvalue weighted by Crippen LogP contribution is 2.37. The van der Waals surface area contributed by atoms with Crippen LogP contribution in [-0.2, 0) is 6.42 Å². The summed E-state index contributed by atoms with van der Waals surface area (Å²) in [5, 5.41) is 24.7. The lowest BCUT2D eigenvalue weighted by Gasteiger charge is -2.20. The van der Waals surface area contributed by atoms with E-state index in [-0.39, 0.29) is 5.75 Å². The van der Waals surface area contributed by atoms with Crippen LogP contribution in [0, 0.1) is 11.5 Å². The molecule has 0 radical (unpaired) electrons. The van der Waals surface area contributed by atoms with Gasteiger partial charge < -0.3 is 10.4 Å². The third-order valence-electron chi connectivity index (χ3n) is 2.75. The molecule has 0 saturated carbocycles. The monoisotopic (exact) mass is 262 g/mol. The van der Waals surface area contributed by atoms with Gasteiger partial charge in [0.2, 0.25) is 0 Å². The predicted octanol–water partition coefficient (Wildman–Crippen LogP) is 2.17. The van der Waals surface area contributed by atoms with Crippen LogP contribution in [0.5, 0.6) is 5.75 Å². The molecule has 18 heavy (non-hydrogen) atoms. The van der Waals surface area contributed by atoms with E-state index < -0.39 is 0 Å². The van der Waals surface area contributed by atoms with Crippen LogP contribution in [0.1, 0.15) is 12.0 Å². The fourth-order valence-electron chi connectivity index (χ4n) is 1.94. The van der Waals surface area contributed by atoms with Gasteiger partial charge in [0.25, 0.3) is 0 Å². The first-order valence-corrected chi connectivity index (χ1v) is 6.85. The molecule has 0 saturated heterocycles. The Hall–Kier alpha value is -1.87. The highest BCUT2D eigenvalue weighted by atomic mass is 32.2. The lowest BCUT2D eigenvalue weighted by Crippen LogP contribution is -2.14. The summed E-state index contributed by atoms with van der Waals surface area (Å²) in [7, 11) is 0. The fourth-order valence-corrected chi connectivity index (χ4v) is 2.28. The van der Waals surface area contributed by atoms with E-state index in [9.17, 15) is 5.11 Å². The standard InChI is InChI=1S/C12H14N4OS/c1-18-12(15-7-13)16-9-4-5-10(17)11-8(9)3-2-6-14-11/h4-5,14,17H,2-3,6H2,1H3,(H,15,16). The molecule has 0 amide bonds. The minimum absolute atomic E-state index is 0.252. The molecule has 5 nitrogen and oxygen atoms in total. The summed E-state index contributed by atoms with van der Waals surface area (Å²) in [6, 6.07) is 3.40.